The van der Waals surface area contributed by atoms with E-state index in [-0.39, 0.29) is 19.5 Å². The summed E-state index contributed by atoms with van der Waals surface area (Å²) in [4.78, 5) is 11.4. The molecule has 4 nitrogen and oxygen atoms in total. The van der Waals surface area contributed by atoms with Crippen LogP contribution in [0.3, 0.4) is 0 Å². The van der Waals surface area contributed by atoms with E-state index < -0.39 is 17.8 Å². The number of hydrogen-bond acceptors (Lipinski definition) is 2. The second-order valence-corrected chi connectivity index (χ2v) is 4.53. The van der Waals surface area contributed by atoms with Gasteiger partial charge in [-0.25, -0.2) is 4.79 Å². The first-order valence-corrected chi connectivity index (χ1v) is 6.62. The predicted octanol–water partition coefficient (Wildman–Crippen LogP) is 3.26. The summed E-state index contributed by atoms with van der Waals surface area (Å²) >= 11 is 5.78. The molecule has 22 heavy (non-hydrogen) atoms. The van der Waals surface area contributed by atoms with Crippen LogP contribution in [0.15, 0.2) is 36.4 Å². The van der Waals surface area contributed by atoms with E-state index in [9.17, 15) is 18.0 Å². The summed E-state index contributed by atoms with van der Waals surface area (Å²) in [6, 6.07) is 6.36. The molecule has 0 heterocycles. The predicted molar refractivity (Wildman–Crippen MR) is 79.6 cm³/mol. The average Bonchev–Trinajstić information content (AvgIpc) is 2.46. The van der Waals surface area contributed by atoms with Crippen LogP contribution in [-0.4, -0.2) is 31.0 Å². The second kappa shape index (κ2) is 10.1. The minimum absolute atomic E-state index is 0.125. The number of rotatable bonds is 5. The number of urea groups is 1. The zero-order valence-electron chi connectivity index (χ0n) is 12.0. The number of alkyl halides is 3. The smallest absolute Gasteiger partial charge is 0.400 e. The number of benzene rings is 1. The van der Waals surface area contributed by atoms with E-state index in [4.69, 9.17) is 16.7 Å². The Balaban J connectivity index is 0.00000211. The number of aliphatic hydroxyl groups excluding tert-OH is 1. The lowest BCUT2D eigenvalue weighted by Crippen LogP contribution is -2.36. The molecule has 0 fully saturated rings. The molecule has 0 atom stereocenters. The molecule has 3 N–H and O–H groups in total. The van der Waals surface area contributed by atoms with Gasteiger partial charge in [0.2, 0.25) is 0 Å². The summed E-state index contributed by atoms with van der Waals surface area (Å²) in [7, 11) is 1.00. The van der Waals surface area contributed by atoms with Crippen LogP contribution in [0.1, 0.15) is 12.0 Å². The lowest BCUT2D eigenvalue weighted by molar-refractivity contribution is -0.0934. The molecular formula is C14H18ClF3N2O2. The highest BCUT2D eigenvalue weighted by Crippen LogP contribution is 2.25. The van der Waals surface area contributed by atoms with Crippen molar-refractivity contribution in [3.05, 3.63) is 47.0 Å². The summed E-state index contributed by atoms with van der Waals surface area (Å²) < 4.78 is 36.4. The molecule has 1 rings (SSSR count). The minimum Gasteiger partial charge on any atom is -0.400 e. The van der Waals surface area contributed by atoms with Crippen molar-refractivity contribution in [3.63, 3.8) is 0 Å². The molecule has 1 aromatic carbocycles. The van der Waals surface area contributed by atoms with Crippen LogP contribution in [0.2, 0.25) is 5.02 Å². The number of aliphatic hydroxyl groups is 1. The van der Waals surface area contributed by atoms with Gasteiger partial charge in [0.25, 0.3) is 0 Å². The van der Waals surface area contributed by atoms with E-state index in [1.165, 1.54) is 0 Å². The van der Waals surface area contributed by atoms with Crippen LogP contribution in [0, 0.1) is 0 Å². The van der Waals surface area contributed by atoms with Crippen LogP contribution in [0.5, 0.6) is 0 Å². The highest BCUT2D eigenvalue weighted by molar-refractivity contribution is 6.30. The molecular weight excluding hydrogens is 321 g/mol. The van der Waals surface area contributed by atoms with Crippen molar-refractivity contribution in [3.8, 4) is 0 Å². The Bertz CT molecular complexity index is 493. The molecule has 0 saturated heterocycles. The quantitative estimate of drug-likeness (QED) is 0.722. The maximum Gasteiger partial charge on any atom is 0.412 e. The highest BCUT2D eigenvalue weighted by Gasteiger charge is 2.30. The first kappa shape index (κ1) is 20.3. The fraction of sp³-hybridized carbons (Fsp3) is 0.357. The van der Waals surface area contributed by atoms with Crippen molar-refractivity contribution in [1.29, 1.82) is 0 Å². The maximum atomic E-state index is 12.1. The Morgan fingerprint density at radius 3 is 2.50 bits per heavy atom. The number of carbonyl (C=O) groups is 1. The molecule has 0 spiro atoms. The van der Waals surface area contributed by atoms with Crippen molar-refractivity contribution in [2.75, 3.05) is 13.7 Å². The number of carbonyl (C=O) groups excluding carboxylic acids is 1. The van der Waals surface area contributed by atoms with Gasteiger partial charge in [0.1, 0.15) is 0 Å². The maximum absolute atomic E-state index is 12.1. The summed E-state index contributed by atoms with van der Waals surface area (Å²) in [5.74, 6) is 0. The topological polar surface area (TPSA) is 61.4 Å². The van der Waals surface area contributed by atoms with E-state index >= 15 is 0 Å². The van der Waals surface area contributed by atoms with Crippen LogP contribution < -0.4 is 10.6 Å². The lowest BCUT2D eigenvalue weighted by Gasteiger charge is -2.11. The lowest BCUT2D eigenvalue weighted by atomic mass is 10.2. The molecule has 0 aliphatic carbocycles. The number of nitrogens with one attached hydrogen (secondary N) is 2. The van der Waals surface area contributed by atoms with Gasteiger partial charge in [0.15, 0.2) is 0 Å². The van der Waals surface area contributed by atoms with Crippen molar-refractivity contribution in [1.82, 2.24) is 10.6 Å². The Labute approximate surface area is 132 Å². The van der Waals surface area contributed by atoms with Gasteiger partial charge in [-0.1, -0.05) is 30.3 Å². The minimum atomic E-state index is -4.42. The first-order valence-electron chi connectivity index (χ1n) is 6.25. The fourth-order valence-corrected chi connectivity index (χ4v) is 1.57. The van der Waals surface area contributed by atoms with Crippen LogP contribution in [-0.2, 0) is 6.54 Å². The first-order chi connectivity index (χ1) is 10.3. The molecule has 0 radical (unpaired) electrons. The zero-order valence-corrected chi connectivity index (χ0v) is 12.8. The molecule has 0 aromatic heterocycles. The van der Waals surface area contributed by atoms with E-state index in [1.54, 1.807) is 24.3 Å². The van der Waals surface area contributed by atoms with E-state index in [0.717, 1.165) is 12.7 Å². The highest BCUT2D eigenvalue weighted by atomic mass is 35.5. The van der Waals surface area contributed by atoms with Gasteiger partial charge in [-0.15, -0.1) is 0 Å². The van der Waals surface area contributed by atoms with E-state index in [2.05, 4.69) is 17.2 Å². The molecule has 1 aromatic rings. The van der Waals surface area contributed by atoms with Gasteiger partial charge in [-0.2, -0.15) is 13.2 Å². The summed E-state index contributed by atoms with van der Waals surface area (Å²) in [5.41, 5.74) is -0.0695. The Kier molecular flexibility index (Phi) is 9.28. The Morgan fingerprint density at radius 1 is 1.32 bits per heavy atom. The molecule has 124 valence electrons. The Morgan fingerprint density at radius 2 is 1.95 bits per heavy atom. The molecule has 2 amide bonds. The van der Waals surface area contributed by atoms with Crippen molar-refractivity contribution in [2.45, 2.75) is 19.1 Å². The van der Waals surface area contributed by atoms with Gasteiger partial charge in [-0.05, 0) is 24.1 Å². The SMILES string of the molecule is C=C(CCNC(=O)NCc1cccc(Cl)c1)C(F)(F)F.CO. The molecule has 0 saturated carbocycles. The largest absolute Gasteiger partial charge is 0.412 e. The van der Waals surface area contributed by atoms with Gasteiger partial charge < -0.3 is 15.7 Å². The summed E-state index contributed by atoms with van der Waals surface area (Å²) in [6.07, 6.45) is -4.76. The van der Waals surface area contributed by atoms with Gasteiger partial charge in [-0.3, -0.25) is 0 Å². The third kappa shape index (κ3) is 8.53. The van der Waals surface area contributed by atoms with Crippen LogP contribution >= 0.6 is 11.6 Å². The molecule has 0 unspecified atom stereocenters. The fourth-order valence-electron chi connectivity index (χ4n) is 1.36. The molecule has 0 aliphatic heterocycles. The third-order valence-electron chi connectivity index (χ3n) is 2.46. The van der Waals surface area contributed by atoms with Gasteiger partial charge in [0, 0.05) is 30.8 Å². The zero-order chi connectivity index (χ0) is 17.2. The number of amides is 2. The van der Waals surface area contributed by atoms with Crippen LogP contribution in [0.4, 0.5) is 18.0 Å². The summed E-state index contributed by atoms with van der Waals surface area (Å²) in [5, 5.41) is 12.4. The molecule has 0 aliphatic rings. The molecule has 8 heteroatoms. The average molecular weight is 339 g/mol. The third-order valence-corrected chi connectivity index (χ3v) is 2.69. The number of halogens is 4. The summed E-state index contributed by atoms with van der Waals surface area (Å²) in [6.45, 7) is 3.03. The van der Waals surface area contributed by atoms with Crippen LogP contribution in [0.25, 0.3) is 0 Å². The van der Waals surface area contributed by atoms with E-state index in [0.29, 0.717) is 5.02 Å². The van der Waals surface area contributed by atoms with Gasteiger partial charge >= 0.3 is 12.2 Å². The monoisotopic (exact) mass is 338 g/mol. The van der Waals surface area contributed by atoms with Crippen molar-refractivity contribution >= 4 is 17.6 Å². The molecule has 0 bridgehead atoms. The van der Waals surface area contributed by atoms with Crippen molar-refractivity contribution < 1.29 is 23.1 Å². The standard InChI is InChI=1S/C13H14ClF3N2O.CH4O/c1-9(13(15,16)17)5-6-18-12(20)19-8-10-3-2-4-11(14)7-10;1-2/h2-4,7H,1,5-6,8H2,(H2,18,19,20);2H,1H3. The normalized spacial score (nSPS) is 10.3. The number of hydrogen-bond donors (Lipinski definition) is 3. The van der Waals surface area contributed by atoms with Gasteiger partial charge in [0.05, 0.1) is 0 Å². The van der Waals surface area contributed by atoms with Crippen molar-refractivity contribution in [2.24, 2.45) is 0 Å². The second-order valence-electron chi connectivity index (χ2n) is 4.09. The Hall–Kier alpha value is -1.73. The van der Waals surface area contributed by atoms with E-state index in [1.807, 2.05) is 0 Å².